The first kappa shape index (κ1) is 25.9. The highest BCUT2D eigenvalue weighted by Gasteiger charge is 2.43. The Morgan fingerprint density at radius 2 is 1.70 bits per heavy atom. The van der Waals surface area contributed by atoms with Crippen LogP contribution in [0.3, 0.4) is 0 Å². The number of aromatic nitrogens is 6. The Kier molecular flexibility index (Phi) is 7.07. The van der Waals surface area contributed by atoms with Crippen molar-refractivity contribution >= 4 is 16.0 Å². The highest BCUT2D eigenvalue weighted by atomic mass is 32.2. The minimum Gasteiger partial charge on any atom is -0.494 e. The number of methoxy groups -OCH3 is 2. The number of anilines is 1. The summed E-state index contributed by atoms with van der Waals surface area (Å²) in [6.07, 6.45) is 5.23. The Morgan fingerprint density at radius 3 is 2.27 bits per heavy atom. The third-order valence-electron chi connectivity index (χ3n) is 6.01. The number of rotatable bonds is 9. The average Bonchev–Trinajstić information content (AvgIpc) is 3.30. The molecular weight excluding hydrogens is 501 g/mol. The molecule has 11 nitrogen and oxygen atoms in total. The van der Waals surface area contributed by atoms with Crippen LogP contribution in [0.25, 0.3) is 17.1 Å². The van der Waals surface area contributed by atoms with Gasteiger partial charge < -0.3 is 9.47 Å². The van der Waals surface area contributed by atoms with Gasteiger partial charge in [0.25, 0.3) is 0 Å². The second kappa shape index (κ2) is 10.1. The molecule has 4 rings (SSSR count). The van der Waals surface area contributed by atoms with E-state index in [1.165, 1.54) is 25.7 Å². The van der Waals surface area contributed by atoms with Crippen molar-refractivity contribution in [2.75, 3.05) is 18.9 Å². The molecule has 0 aliphatic carbocycles. The van der Waals surface area contributed by atoms with Crippen LogP contribution in [-0.2, 0) is 14.8 Å². The maximum atomic E-state index is 13.8. The number of halogens is 1. The summed E-state index contributed by atoms with van der Waals surface area (Å²) in [6.45, 7) is 5.00. The standard InChI is InChI=1S/C24H26FN7O4S/c1-6-24(3,22-27-13-17(25)14-28-22)37(33,34)31-23-30-29-21(16-10-15(2)11-26-12-16)32(23)20-18(35-4)8-7-9-19(20)36-5/h7-14H,6H2,1-5H3,(H,30,31)/t24-/m0/s1. The maximum Gasteiger partial charge on any atom is 0.247 e. The topological polar surface area (TPSA) is 134 Å². The number of benzene rings is 1. The van der Waals surface area contributed by atoms with Gasteiger partial charge in [0.05, 0.1) is 26.6 Å². The number of aryl methyl sites for hydroxylation is 1. The molecule has 0 radical (unpaired) electrons. The van der Waals surface area contributed by atoms with Crippen LogP contribution < -0.4 is 14.2 Å². The molecule has 3 heterocycles. The van der Waals surface area contributed by atoms with Crippen LogP contribution >= 0.6 is 0 Å². The van der Waals surface area contributed by atoms with Crippen LogP contribution in [0.15, 0.2) is 49.1 Å². The lowest BCUT2D eigenvalue weighted by Gasteiger charge is -2.27. The van der Waals surface area contributed by atoms with Crippen LogP contribution in [0.5, 0.6) is 11.5 Å². The van der Waals surface area contributed by atoms with E-state index in [1.807, 2.05) is 13.0 Å². The lowest BCUT2D eigenvalue weighted by molar-refractivity contribution is 0.391. The maximum absolute atomic E-state index is 13.8. The third-order valence-corrected chi connectivity index (χ3v) is 8.12. The van der Waals surface area contributed by atoms with Crippen molar-refractivity contribution in [3.63, 3.8) is 0 Å². The van der Waals surface area contributed by atoms with Gasteiger partial charge in [-0.2, -0.15) is 0 Å². The zero-order chi connectivity index (χ0) is 26.8. The zero-order valence-corrected chi connectivity index (χ0v) is 21.7. The smallest absolute Gasteiger partial charge is 0.247 e. The van der Waals surface area contributed by atoms with Gasteiger partial charge in [-0.3, -0.25) is 14.3 Å². The molecule has 1 aromatic carbocycles. The van der Waals surface area contributed by atoms with Gasteiger partial charge in [0.15, 0.2) is 17.5 Å². The van der Waals surface area contributed by atoms with Crippen LogP contribution in [0.1, 0.15) is 31.7 Å². The molecule has 0 saturated carbocycles. The Balaban J connectivity index is 1.94. The van der Waals surface area contributed by atoms with E-state index in [4.69, 9.17) is 9.47 Å². The predicted octanol–water partition coefficient (Wildman–Crippen LogP) is 3.65. The minimum atomic E-state index is -4.26. The Morgan fingerprint density at radius 1 is 1.05 bits per heavy atom. The van der Waals surface area contributed by atoms with Gasteiger partial charge in [0, 0.05) is 18.0 Å². The van der Waals surface area contributed by atoms with Gasteiger partial charge in [0.1, 0.15) is 21.9 Å². The lowest BCUT2D eigenvalue weighted by atomic mass is 10.1. The SMILES string of the molecule is CC[C@@](C)(c1ncc(F)cn1)S(=O)(=O)Nc1nnc(-c2cncc(C)c2)n1-c1c(OC)cccc1OC. The Hall–Kier alpha value is -4.13. The first-order valence-corrected chi connectivity index (χ1v) is 12.7. The molecule has 0 amide bonds. The number of para-hydroxylation sites is 1. The zero-order valence-electron chi connectivity index (χ0n) is 20.9. The molecule has 1 atom stereocenters. The number of ether oxygens (including phenoxy) is 2. The molecule has 37 heavy (non-hydrogen) atoms. The lowest BCUT2D eigenvalue weighted by Crippen LogP contribution is -2.39. The van der Waals surface area contributed by atoms with Gasteiger partial charge in [0.2, 0.25) is 16.0 Å². The quantitative estimate of drug-likeness (QED) is 0.346. The predicted molar refractivity (Wildman–Crippen MR) is 135 cm³/mol. The molecule has 0 bridgehead atoms. The fourth-order valence-electron chi connectivity index (χ4n) is 3.76. The molecule has 1 N–H and O–H groups in total. The van der Waals surface area contributed by atoms with E-state index in [-0.39, 0.29) is 18.2 Å². The van der Waals surface area contributed by atoms with Gasteiger partial charge >= 0.3 is 0 Å². The summed E-state index contributed by atoms with van der Waals surface area (Å²) in [5.74, 6) is 0.220. The van der Waals surface area contributed by atoms with Crippen molar-refractivity contribution in [3.8, 4) is 28.6 Å². The van der Waals surface area contributed by atoms with Crippen LogP contribution in [-0.4, -0.2) is 52.4 Å². The number of hydrogen-bond acceptors (Lipinski definition) is 9. The van der Waals surface area contributed by atoms with Crippen molar-refractivity contribution in [1.29, 1.82) is 0 Å². The van der Waals surface area contributed by atoms with E-state index in [2.05, 4.69) is 29.9 Å². The van der Waals surface area contributed by atoms with Gasteiger partial charge in [-0.1, -0.05) is 13.0 Å². The molecule has 4 aromatic rings. The van der Waals surface area contributed by atoms with E-state index >= 15 is 0 Å². The molecule has 0 saturated heterocycles. The first-order valence-electron chi connectivity index (χ1n) is 11.2. The second-order valence-corrected chi connectivity index (χ2v) is 10.5. The highest BCUT2D eigenvalue weighted by molar-refractivity contribution is 7.93. The summed E-state index contributed by atoms with van der Waals surface area (Å²) in [5.41, 5.74) is 1.84. The van der Waals surface area contributed by atoms with Crippen molar-refractivity contribution < 1.29 is 22.3 Å². The molecule has 0 aliphatic rings. The first-order chi connectivity index (χ1) is 17.6. The van der Waals surface area contributed by atoms with Gasteiger partial charge in [-0.05, 0) is 44.0 Å². The summed E-state index contributed by atoms with van der Waals surface area (Å²) >= 11 is 0. The summed E-state index contributed by atoms with van der Waals surface area (Å²) < 4.78 is 54.6. The number of nitrogens with zero attached hydrogens (tertiary/aromatic N) is 6. The van der Waals surface area contributed by atoms with Crippen LogP contribution in [0, 0.1) is 12.7 Å². The average molecular weight is 528 g/mol. The van der Waals surface area contributed by atoms with Crippen molar-refractivity contribution in [3.05, 3.63) is 66.3 Å². The molecular formula is C24H26FN7O4S. The van der Waals surface area contributed by atoms with E-state index in [9.17, 15) is 12.8 Å². The van der Waals surface area contributed by atoms with Crippen LogP contribution in [0.2, 0.25) is 0 Å². The second-order valence-electron chi connectivity index (χ2n) is 8.36. The van der Waals surface area contributed by atoms with E-state index in [0.717, 1.165) is 18.0 Å². The molecule has 0 aliphatic heterocycles. The highest BCUT2D eigenvalue weighted by Crippen LogP contribution is 2.39. The largest absolute Gasteiger partial charge is 0.494 e. The number of hydrogen-bond donors (Lipinski definition) is 1. The van der Waals surface area contributed by atoms with E-state index in [0.29, 0.717) is 28.6 Å². The van der Waals surface area contributed by atoms with Crippen molar-refractivity contribution in [2.24, 2.45) is 0 Å². The van der Waals surface area contributed by atoms with Crippen LogP contribution in [0.4, 0.5) is 10.3 Å². The third kappa shape index (κ3) is 4.69. The minimum absolute atomic E-state index is 0.0621. The summed E-state index contributed by atoms with van der Waals surface area (Å²) in [6, 6.07) is 6.99. The summed E-state index contributed by atoms with van der Waals surface area (Å²) in [5, 5.41) is 8.46. The number of sulfonamides is 1. The Labute approximate surface area is 213 Å². The van der Waals surface area contributed by atoms with Crippen molar-refractivity contribution in [2.45, 2.75) is 31.9 Å². The molecule has 194 valence electrons. The fourth-order valence-corrected chi connectivity index (χ4v) is 5.09. The normalized spacial score (nSPS) is 13.1. The van der Waals surface area contributed by atoms with Gasteiger partial charge in [-0.25, -0.2) is 22.8 Å². The van der Waals surface area contributed by atoms with Gasteiger partial charge in [-0.15, -0.1) is 10.2 Å². The monoisotopic (exact) mass is 527 g/mol. The Bertz CT molecular complexity index is 1500. The molecule has 0 spiro atoms. The molecule has 13 heteroatoms. The number of pyridine rings is 1. The number of nitrogens with one attached hydrogen (secondary N) is 1. The summed E-state index contributed by atoms with van der Waals surface area (Å²) in [7, 11) is -1.28. The fraction of sp³-hybridized carbons (Fsp3) is 0.292. The van der Waals surface area contributed by atoms with E-state index < -0.39 is 20.6 Å². The summed E-state index contributed by atoms with van der Waals surface area (Å²) in [4.78, 5) is 12.1. The molecule has 3 aromatic heterocycles. The molecule has 0 fully saturated rings. The van der Waals surface area contributed by atoms with Crippen molar-refractivity contribution in [1.82, 2.24) is 29.7 Å². The van der Waals surface area contributed by atoms with E-state index in [1.54, 1.807) is 37.5 Å². The molecule has 0 unspecified atom stereocenters.